The summed E-state index contributed by atoms with van der Waals surface area (Å²) in [7, 11) is 0. The van der Waals surface area contributed by atoms with Crippen LogP contribution in [0.25, 0.3) is 0 Å². The number of nitrogens with one attached hydrogen (secondary N) is 2. The Bertz CT molecular complexity index is 511. The van der Waals surface area contributed by atoms with E-state index in [4.69, 9.17) is 0 Å². The van der Waals surface area contributed by atoms with Crippen molar-refractivity contribution in [2.24, 2.45) is 0 Å². The topological polar surface area (TPSA) is 83.6 Å². The lowest BCUT2D eigenvalue weighted by atomic mass is 9.96. The number of H-pyrrole nitrogens is 1. The Morgan fingerprint density at radius 3 is 2.76 bits per heavy atom. The van der Waals surface area contributed by atoms with Gasteiger partial charge in [0, 0.05) is 17.0 Å². The molecule has 0 bridgehead atoms. The smallest absolute Gasteiger partial charge is 0.295 e. The molecule has 17 heavy (non-hydrogen) atoms. The number of aromatic nitrogens is 4. The second-order valence-corrected chi connectivity index (χ2v) is 5.44. The predicted octanol–water partition coefficient (Wildman–Crippen LogP) is 1.81. The summed E-state index contributed by atoms with van der Waals surface area (Å²) in [4.78, 5) is 19.9. The van der Waals surface area contributed by atoms with Crippen molar-refractivity contribution in [3.63, 3.8) is 0 Å². The van der Waals surface area contributed by atoms with Gasteiger partial charge in [-0.1, -0.05) is 20.8 Å². The summed E-state index contributed by atoms with van der Waals surface area (Å²) >= 11 is 1.35. The van der Waals surface area contributed by atoms with Crippen molar-refractivity contribution in [3.05, 3.63) is 23.2 Å². The molecule has 0 aliphatic heterocycles. The van der Waals surface area contributed by atoms with Crippen LogP contribution in [0, 0.1) is 0 Å². The largest absolute Gasteiger partial charge is 0.297 e. The number of amides is 1. The molecule has 0 aliphatic carbocycles. The maximum atomic E-state index is 11.8. The Labute approximate surface area is 103 Å². The van der Waals surface area contributed by atoms with E-state index in [1.807, 2.05) is 20.8 Å². The minimum atomic E-state index is -0.355. The van der Waals surface area contributed by atoms with E-state index in [0.717, 1.165) is 0 Å². The molecular weight excluding hydrogens is 238 g/mol. The van der Waals surface area contributed by atoms with Crippen molar-refractivity contribution in [1.29, 1.82) is 0 Å². The molecule has 0 aromatic carbocycles. The molecule has 1 amide bonds. The van der Waals surface area contributed by atoms with Gasteiger partial charge in [0.2, 0.25) is 5.82 Å². The number of anilines is 1. The maximum absolute atomic E-state index is 11.8. The van der Waals surface area contributed by atoms with Crippen LogP contribution in [-0.2, 0) is 5.41 Å². The zero-order chi connectivity index (χ0) is 12.5. The molecular formula is C10H13N5OS. The van der Waals surface area contributed by atoms with Crippen molar-refractivity contribution in [2.75, 3.05) is 5.32 Å². The molecule has 0 saturated carbocycles. The van der Waals surface area contributed by atoms with E-state index in [9.17, 15) is 4.79 Å². The predicted molar refractivity (Wildman–Crippen MR) is 65.1 cm³/mol. The first-order valence-corrected chi connectivity index (χ1v) is 5.98. The average Bonchev–Trinajstić information content (AvgIpc) is 2.85. The summed E-state index contributed by atoms with van der Waals surface area (Å²) in [6, 6.07) is 0. The Kier molecular flexibility index (Phi) is 2.93. The first-order valence-electron chi connectivity index (χ1n) is 5.10. The highest BCUT2D eigenvalue weighted by molar-refractivity contribution is 7.13. The van der Waals surface area contributed by atoms with Crippen LogP contribution in [-0.4, -0.2) is 26.1 Å². The fourth-order valence-corrected chi connectivity index (χ4v) is 1.66. The van der Waals surface area contributed by atoms with Gasteiger partial charge in [0.05, 0.1) is 0 Å². The number of thiazole rings is 1. The van der Waals surface area contributed by atoms with E-state index >= 15 is 0 Å². The molecule has 0 atom stereocenters. The molecule has 2 aromatic heterocycles. The number of carbonyl (C=O) groups is 1. The molecule has 7 heteroatoms. The molecule has 2 aromatic rings. The first kappa shape index (κ1) is 11.7. The van der Waals surface area contributed by atoms with Gasteiger partial charge in [0.15, 0.2) is 5.13 Å². The summed E-state index contributed by atoms with van der Waals surface area (Å²) in [6.45, 7) is 5.99. The number of rotatable bonds is 2. The van der Waals surface area contributed by atoms with Crippen LogP contribution in [0.4, 0.5) is 5.13 Å². The van der Waals surface area contributed by atoms with Crippen molar-refractivity contribution in [3.8, 4) is 0 Å². The molecule has 0 aliphatic rings. The highest BCUT2D eigenvalue weighted by atomic mass is 32.1. The van der Waals surface area contributed by atoms with Gasteiger partial charge in [-0.15, -0.1) is 16.4 Å². The van der Waals surface area contributed by atoms with Crippen LogP contribution in [0.15, 0.2) is 11.6 Å². The van der Waals surface area contributed by atoms with E-state index in [1.165, 1.54) is 11.3 Å². The Morgan fingerprint density at radius 1 is 1.47 bits per heavy atom. The summed E-state index contributed by atoms with van der Waals surface area (Å²) in [5, 5.41) is 11.6. The van der Waals surface area contributed by atoms with Gasteiger partial charge in [-0.25, -0.2) is 9.97 Å². The lowest BCUT2D eigenvalue weighted by molar-refractivity contribution is 0.101. The third-order valence-electron chi connectivity index (χ3n) is 2.05. The van der Waals surface area contributed by atoms with E-state index in [2.05, 4.69) is 25.5 Å². The normalized spacial score (nSPS) is 11.5. The van der Waals surface area contributed by atoms with Crippen molar-refractivity contribution in [1.82, 2.24) is 20.2 Å². The molecule has 0 unspecified atom stereocenters. The number of hydrogen-bond donors (Lipinski definition) is 2. The number of hydrogen-bond acceptors (Lipinski definition) is 5. The standard InChI is InChI=1S/C10H13N5OS/c1-10(2,3)8-12-6(14-15-8)7(16)13-9-11-4-5-17-9/h4-5H,1-3H3,(H,11,13,16)(H,12,14,15). The van der Waals surface area contributed by atoms with Gasteiger partial charge in [-0.3, -0.25) is 15.2 Å². The van der Waals surface area contributed by atoms with Crippen molar-refractivity contribution >= 4 is 22.4 Å². The average molecular weight is 251 g/mol. The second kappa shape index (κ2) is 4.25. The summed E-state index contributed by atoms with van der Waals surface area (Å²) in [5.74, 6) is 0.457. The van der Waals surface area contributed by atoms with Crippen molar-refractivity contribution in [2.45, 2.75) is 26.2 Å². The highest BCUT2D eigenvalue weighted by Crippen LogP contribution is 2.17. The van der Waals surface area contributed by atoms with Crippen LogP contribution < -0.4 is 5.32 Å². The molecule has 0 radical (unpaired) electrons. The number of carbonyl (C=O) groups excluding carboxylic acids is 1. The molecule has 0 spiro atoms. The zero-order valence-corrected chi connectivity index (χ0v) is 10.6. The summed E-state index contributed by atoms with van der Waals surface area (Å²) < 4.78 is 0. The minimum Gasteiger partial charge on any atom is -0.295 e. The van der Waals surface area contributed by atoms with Crippen molar-refractivity contribution < 1.29 is 4.79 Å². The fourth-order valence-electron chi connectivity index (χ4n) is 1.14. The molecule has 2 heterocycles. The van der Waals surface area contributed by atoms with Crippen LogP contribution in [0.2, 0.25) is 0 Å². The quantitative estimate of drug-likeness (QED) is 0.852. The number of aromatic amines is 1. The Morgan fingerprint density at radius 2 is 2.24 bits per heavy atom. The van der Waals surface area contributed by atoms with Gasteiger partial charge in [0.1, 0.15) is 5.82 Å². The first-order chi connectivity index (χ1) is 7.97. The summed E-state index contributed by atoms with van der Waals surface area (Å²) in [6.07, 6.45) is 1.62. The van der Waals surface area contributed by atoms with Gasteiger partial charge in [-0.05, 0) is 0 Å². The van der Waals surface area contributed by atoms with Crippen LogP contribution in [0.1, 0.15) is 37.2 Å². The molecule has 0 saturated heterocycles. The Hall–Kier alpha value is -1.76. The second-order valence-electron chi connectivity index (χ2n) is 4.55. The lowest BCUT2D eigenvalue weighted by Gasteiger charge is -2.12. The fraction of sp³-hybridized carbons (Fsp3) is 0.400. The van der Waals surface area contributed by atoms with Gasteiger partial charge < -0.3 is 0 Å². The Balaban J connectivity index is 2.13. The molecule has 2 rings (SSSR count). The maximum Gasteiger partial charge on any atom is 0.297 e. The van der Waals surface area contributed by atoms with E-state index in [1.54, 1.807) is 11.6 Å². The SMILES string of the molecule is CC(C)(C)c1nc(C(=O)Nc2nccs2)n[nH]1. The van der Waals surface area contributed by atoms with Gasteiger partial charge in [0.25, 0.3) is 5.91 Å². The monoisotopic (exact) mass is 251 g/mol. The number of nitrogens with zero attached hydrogens (tertiary/aromatic N) is 3. The molecule has 2 N–H and O–H groups in total. The van der Waals surface area contributed by atoms with Crippen LogP contribution in [0.3, 0.4) is 0 Å². The molecule has 6 nitrogen and oxygen atoms in total. The molecule has 90 valence electrons. The van der Waals surface area contributed by atoms with Crippen LogP contribution >= 0.6 is 11.3 Å². The third-order valence-corrected chi connectivity index (χ3v) is 2.74. The van der Waals surface area contributed by atoms with Gasteiger partial charge >= 0.3 is 0 Å². The third kappa shape index (κ3) is 2.68. The summed E-state index contributed by atoms with van der Waals surface area (Å²) in [5.41, 5.74) is -0.160. The lowest BCUT2D eigenvalue weighted by Crippen LogP contribution is -2.16. The highest BCUT2D eigenvalue weighted by Gasteiger charge is 2.21. The molecule has 0 fully saturated rings. The van der Waals surface area contributed by atoms with E-state index in [0.29, 0.717) is 11.0 Å². The van der Waals surface area contributed by atoms with E-state index < -0.39 is 0 Å². The van der Waals surface area contributed by atoms with Crippen LogP contribution in [0.5, 0.6) is 0 Å². The minimum absolute atomic E-state index is 0.130. The zero-order valence-electron chi connectivity index (χ0n) is 9.81. The van der Waals surface area contributed by atoms with E-state index in [-0.39, 0.29) is 17.1 Å². The van der Waals surface area contributed by atoms with Gasteiger partial charge in [-0.2, -0.15) is 0 Å².